The summed E-state index contributed by atoms with van der Waals surface area (Å²) in [5.41, 5.74) is 0.720. The molecular formula is C22H18F2N2O7S. The van der Waals surface area contributed by atoms with E-state index in [1.54, 1.807) is 24.3 Å². The zero-order valence-electron chi connectivity index (χ0n) is 17.7. The van der Waals surface area contributed by atoms with Crippen LogP contribution in [0.3, 0.4) is 0 Å². The molecular weight excluding hydrogens is 474 g/mol. The summed E-state index contributed by atoms with van der Waals surface area (Å²) in [5.74, 6) is -0.167. The standard InChI is InChI=1S/C22H18F2N2O7S/c1-30-14-5-3-13(10-17(14)33-21(23)24)19(27)25-6-7-26-20(28)18(34-22(26)29)9-12-2-4-15-16(8-12)32-11-31-15/h2-5,8-10,21H,6-7,11H2,1H3,(H,25,27). The number of alkyl halides is 2. The molecule has 2 aliphatic heterocycles. The number of hydrogen-bond acceptors (Lipinski definition) is 8. The van der Waals surface area contributed by atoms with Gasteiger partial charge in [0.05, 0.1) is 12.0 Å². The summed E-state index contributed by atoms with van der Waals surface area (Å²) in [5, 5.41) is 2.08. The third-order valence-electron chi connectivity index (χ3n) is 4.83. The Hall–Kier alpha value is -3.80. The Bertz CT molecular complexity index is 1170. The highest BCUT2D eigenvalue weighted by molar-refractivity contribution is 8.18. The highest BCUT2D eigenvalue weighted by Gasteiger charge is 2.34. The van der Waals surface area contributed by atoms with Gasteiger partial charge in [0.25, 0.3) is 17.1 Å². The Labute approximate surface area is 196 Å². The van der Waals surface area contributed by atoms with E-state index in [9.17, 15) is 23.2 Å². The summed E-state index contributed by atoms with van der Waals surface area (Å²) in [7, 11) is 1.28. The van der Waals surface area contributed by atoms with E-state index in [4.69, 9.17) is 14.2 Å². The minimum Gasteiger partial charge on any atom is -0.493 e. The lowest BCUT2D eigenvalue weighted by atomic mass is 10.2. The van der Waals surface area contributed by atoms with Crippen molar-refractivity contribution in [3.63, 3.8) is 0 Å². The number of methoxy groups -OCH3 is 1. The molecule has 1 saturated heterocycles. The molecule has 3 amide bonds. The van der Waals surface area contributed by atoms with Gasteiger partial charge in [0.15, 0.2) is 23.0 Å². The number of benzene rings is 2. The predicted octanol–water partition coefficient (Wildman–Crippen LogP) is 3.49. The van der Waals surface area contributed by atoms with Crippen molar-refractivity contribution in [3.05, 3.63) is 52.4 Å². The van der Waals surface area contributed by atoms with Crippen molar-refractivity contribution in [1.82, 2.24) is 10.2 Å². The topological polar surface area (TPSA) is 103 Å². The molecule has 2 aromatic carbocycles. The largest absolute Gasteiger partial charge is 0.493 e. The molecule has 12 heteroatoms. The second-order valence-electron chi connectivity index (χ2n) is 6.95. The third-order valence-corrected chi connectivity index (χ3v) is 5.74. The number of ether oxygens (including phenoxy) is 4. The second kappa shape index (κ2) is 10.00. The first-order chi connectivity index (χ1) is 16.4. The van der Waals surface area contributed by atoms with Crippen molar-refractivity contribution in [2.45, 2.75) is 6.61 Å². The minimum atomic E-state index is -3.09. The van der Waals surface area contributed by atoms with Crippen LogP contribution in [0.5, 0.6) is 23.0 Å². The smallest absolute Gasteiger partial charge is 0.387 e. The van der Waals surface area contributed by atoms with Crippen LogP contribution in [0.1, 0.15) is 15.9 Å². The summed E-state index contributed by atoms with van der Waals surface area (Å²) in [6.07, 6.45) is 1.58. The number of carbonyl (C=O) groups excluding carboxylic acids is 3. The van der Waals surface area contributed by atoms with Gasteiger partial charge in [0, 0.05) is 18.7 Å². The molecule has 0 bridgehead atoms. The zero-order chi connectivity index (χ0) is 24.2. The van der Waals surface area contributed by atoms with Gasteiger partial charge in [-0.3, -0.25) is 19.3 Å². The fraction of sp³-hybridized carbons (Fsp3) is 0.227. The molecule has 0 aromatic heterocycles. The van der Waals surface area contributed by atoms with Crippen LogP contribution in [0, 0.1) is 0 Å². The SMILES string of the molecule is COc1ccc(C(=O)NCCN2C(=O)SC(=Cc3ccc4c(c3)OCO4)C2=O)cc1OC(F)F. The molecule has 34 heavy (non-hydrogen) atoms. The Morgan fingerprint density at radius 3 is 2.74 bits per heavy atom. The number of rotatable bonds is 8. The number of carbonyl (C=O) groups is 3. The molecule has 1 fully saturated rings. The first-order valence-corrected chi connectivity index (χ1v) is 10.7. The van der Waals surface area contributed by atoms with E-state index in [1.165, 1.54) is 19.2 Å². The number of nitrogens with zero attached hydrogens (tertiary/aromatic N) is 1. The lowest BCUT2D eigenvalue weighted by Gasteiger charge is -2.14. The van der Waals surface area contributed by atoms with E-state index in [1.807, 2.05) is 0 Å². The van der Waals surface area contributed by atoms with Gasteiger partial charge in [0.1, 0.15) is 0 Å². The van der Waals surface area contributed by atoms with Gasteiger partial charge in [-0.25, -0.2) is 0 Å². The van der Waals surface area contributed by atoms with E-state index < -0.39 is 23.7 Å². The molecule has 2 heterocycles. The summed E-state index contributed by atoms with van der Waals surface area (Å²) in [6.45, 7) is -3.06. The first kappa shape index (κ1) is 23.4. The third kappa shape index (κ3) is 5.06. The van der Waals surface area contributed by atoms with E-state index in [-0.39, 0.29) is 41.9 Å². The maximum atomic E-state index is 12.7. The van der Waals surface area contributed by atoms with Gasteiger partial charge in [-0.05, 0) is 53.7 Å². The number of fused-ring (bicyclic) bond motifs is 1. The molecule has 2 aromatic rings. The molecule has 2 aliphatic rings. The van der Waals surface area contributed by atoms with Crippen LogP contribution in [-0.2, 0) is 4.79 Å². The molecule has 0 saturated carbocycles. The van der Waals surface area contributed by atoms with E-state index in [2.05, 4.69) is 10.1 Å². The summed E-state index contributed by atoms with van der Waals surface area (Å²) in [6, 6.07) is 8.98. The van der Waals surface area contributed by atoms with Crippen LogP contribution in [0.15, 0.2) is 41.3 Å². The number of imide groups is 1. The number of thioether (sulfide) groups is 1. The van der Waals surface area contributed by atoms with Crippen molar-refractivity contribution in [2.24, 2.45) is 0 Å². The van der Waals surface area contributed by atoms with Gasteiger partial charge >= 0.3 is 6.61 Å². The van der Waals surface area contributed by atoms with Crippen LogP contribution in [0.25, 0.3) is 6.08 Å². The van der Waals surface area contributed by atoms with Crippen molar-refractivity contribution in [1.29, 1.82) is 0 Å². The number of nitrogens with one attached hydrogen (secondary N) is 1. The van der Waals surface area contributed by atoms with Crippen LogP contribution in [-0.4, -0.2) is 55.6 Å². The number of amides is 3. The minimum absolute atomic E-state index is 0.0365. The van der Waals surface area contributed by atoms with Crippen LogP contribution in [0.4, 0.5) is 13.6 Å². The van der Waals surface area contributed by atoms with Crippen molar-refractivity contribution < 1.29 is 42.1 Å². The maximum Gasteiger partial charge on any atom is 0.387 e. The van der Waals surface area contributed by atoms with E-state index in [0.29, 0.717) is 17.1 Å². The molecule has 0 atom stereocenters. The maximum absolute atomic E-state index is 12.7. The second-order valence-corrected chi connectivity index (χ2v) is 7.94. The van der Waals surface area contributed by atoms with Gasteiger partial charge in [-0.2, -0.15) is 8.78 Å². The Morgan fingerprint density at radius 1 is 1.18 bits per heavy atom. The van der Waals surface area contributed by atoms with E-state index in [0.717, 1.165) is 22.7 Å². The van der Waals surface area contributed by atoms with Gasteiger partial charge < -0.3 is 24.3 Å². The molecule has 1 N–H and O–H groups in total. The molecule has 9 nitrogen and oxygen atoms in total. The Morgan fingerprint density at radius 2 is 1.97 bits per heavy atom. The lowest BCUT2D eigenvalue weighted by Crippen LogP contribution is -2.37. The Balaban J connectivity index is 1.36. The van der Waals surface area contributed by atoms with Crippen LogP contribution < -0.4 is 24.3 Å². The number of hydrogen-bond donors (Lipinski definition) is 1. The normalized spacial score (nSPS) is 15.9. The monoisotopic (exact) mass is 492 g/mol. The highest BCUT2D eigenvalue weighted by Crippen LogP contribution is 2.36. The summed E-state index contributed by atoms with van der Waals surface area (Å²) < 4.78 is 45.0. The van der Waals surface area contributed by atoms with Gasteiger partial charge in [-0.15, -0.1) is 0 Å². The van der Waals surface area contributed by atoms with Gasteiger partial charge in [0.2, 0.25) is 6.79 Å². The zero-order valence-corrected chi connectivity index (χ0v) is 18.5. The fourth-order valence-corrected chi connectivity index (χ4v) is 4.10. The predicted molar refractivity (Wildman–Crippen MR) is 117 cm³/mol. The van der Waals surface area contributed by atoms with Crippen molar-refractivity contribution in [3.8, 4) is 23.0 Å². The average molecular weight is 492 g/mol. The number of halogens is 2. The molecule has 178 valence electrons. The molecule has 0 spiro atoms. The van der Waals surface area contributed by atoms with Crippen molar-refractivity contribution in [2.75, 3.05) is 27.0 Å². The van der Waals surface area contributed by atoms with Crippen molar-refractivity contribution >= 4 is 34.9 Å². The van der Waals surface area contributed by atoms with E-state index >= 15 is 0 Å². The Kier molecular flexibility index (Phi) is 6.87. The fourth-order valence-electron chi connectivity index (χ4n) is 3.24. The molecule has 4 rings (SSSR count). The molecule has 0 unspecified atom stereocenters. The summed E-state index contributed by atoms with van der Waals surface area (Å²) in [4.78, 5) is 38.6. The summed E-state index contributed by atoms with van der Waals surface area (Å²) >= 11 is 0.789. The van der Waals surface area contributed by atoms with Crippen LogP contribution >= 0.6 is 11.8 Å². The lowest BCUT2D eigenvalue weighted by molar-refractivity contribution is -0.122. The molecule has 0 aliphatic carbocycles. The highest BCUT2D eigenvalue weighted by atomic mass is 32.2. The van der Waals surface area contributed by atoms with Crippen LogP contribution in [0.2, 0.25) is 0 Å². The molecule has 0 radical (unpaired) electrons. The first-order valence-electron chi connectivity index (χ1n) is 9.92. The van der Waals surface area contributed by atoms with Gasteiger partial charge in [-0.1, -0.05) is 6.07 Å². The average Bonchev–Trinajstić information content (AvgIpc) is 3.37. The quantitative estimate of drug-likeness (QED) is 0.559.